The lowest BCUT2D eigenvalue weighted by atomic mass is 9.95. The van der Waals surface area contributed by atoms with Gasteiger partial charge in [-0.2, -0.15) is 13.2 Å². The lowest BCUT2D eigenvalue weighted by Crippen LogP contribution is -2.38. The number of halogens is 4. The molecule has 2 aromatic rings. The fourth-order valence-electron chi connectivity index (χ4n) is 2.64. The summed E-state index contributed by atoms with van der Waals surface area (Å²) in [5, 5.41) is 0.516. The highest BCUT2D eigenvalue weighted by molar-refractivity contribution is 6.30. The van der Waals surface area contributed by atoms with Crippen molar-refractivity contribution >= 4 is 23.2 Å². The number of nitrogens with one attached hydrogen (secondary N) is 2. The van der Waals surface area contributed by atoms with Gasteiger partial charge in [0, 0.05) is 5.02 Å². The molecule has 2 N–H and O–H groups in total. The summed E-state index contributed by atoms with van der Waals surface area (Å²) in [6.07, 6.45) is -3.25. The van der Waals surface area contributed by atoms with Crippen molar-refractivity contribution in [1.29, 1.82) is 0 Å². The molecule has 0 unspecified atom stereocenters. The molecular formula is C17H14ClF3N2O. The predicted molar refractivity (Wildman–Crippen MR) is 85.6 cm³/mol. The first-order chi connectivity index (χ1) is 11.3. The lowest BCUT2D eigenvalue weighted by molar-refractivity contribution is -0.137. The Bertz CT molecular complexity index is 772. The average molecular weight is 355 g/mol. The van der Waals surface area contributed by atoms with Crippen LogP contribution in [0.15, 0.2) is 48.5 Å². The summed E-state index contributed by atoms with van der Waals surface area (Å²) in [7, 11) is 0. The molecule has 2 aromatic carbocycles. The van der Waals surface area contributed by atoms with Gasteiger partial charge in [0.1, 0.15) is 0 Å². The first-order valence-electron chi connectivity index (χ1n) is 7.32. The molecule has 1 aliphatic carbocycles. The van der Waals surface area contributed by atoms with Gasteiger partial charge in [0.2, 0.25) is 5.91 Å². The molecule has 1 saturated carbocycles. The molecule has 7 heteroatoms. The zero-order valence-electron chi connectivity index (χ0n) is 12.5. The number of para-hydroxylation sites is 1. The monoisotopic (exact) mass is 354 g/mol. The lowest BCUT2D eigenvalue weighted by Gasteiger charge is -2.19. The molecule has 0 atom stereocenters. The van der Waals surface area contributed by atoms with E-state index in [1.54, 1.807) is 24.3 Å². The predicted octanol–water partition coefficient (Wildman–Crippen LogP) is 4.53. The SMILES string of the molecule is O=C(NNc1ccccc1C(F)(F)F)C1(c2cccc(Cl)c2)CC1. The summed E-state index contributed by atoms with van der Waals surface area (Å²) in [6, 6.07) is 11.9. The number of hydrogen-bond donors (Lipinski definition) is 2. The van der Waals surface area contributed by atoms with Crippen molar-refractivity contribution in [1.82, 2.24) is 5.43 Å². The third kappa shape index (κ3) is 3.19. The summed E-state index contributed by atoms with van der Waals surface area (Å²) in [6.45, 7) is 0. The van der Waals surface area contributed by atoms with Gasteiger partial charge < -0.3 is 0 Å². The number of rotatable bonds is 4. The molecule has 3 rings (SSSR count). The Labute approximate surface area is 141 Å². The van der Waals surface area contributed by atoms with Crippen molar-refractivity contribution < 1.29 is 18.0 Å². The van der Waals surface area contributed by atoms with E-state index in [4.69, 9.17) is 11.6 Å². The fraction of sp³-hybridized carbons (Fsp3) is 0.235. The molecule has 1 amide bonds. The Balaban J connectivity index is 1.75. The van der Waals surface area contributed by atoms with Crippen LogP contribution in [-0.4, -0.2) is 5.91 Å². The molecule has 3 nitrogen and oxygen atoms in total. The quantitative estimate of drug-likeness (QED) is 0.792. The molecule has 0 heterocycles. The van der Waals surface area contributed by atoms with Crippen LogP contribution in [0.3, 0.4) is 0 Å². The number of benzene rings is 2. The van der Waals surface area contributed by atoms with Crippen LogP contribution in [-0.2, 0) is 16.4 Å². The van der Waals surface area contributed by atoms with Crippen LogP contribution in [0.2, 0.25) is 5.02 Å². The number of carbonyl (C=O) groups excluding carboxylic acids is 1. The molecule has 1 aliphatic rings. The summed E-state index contributed by atoms with van der Waals surface area (Å²) in [4.78, 5) is 12.5. The summed E-state index contributed by atoms with van der Waals surface area (Å²) in [5.74, 6) is -0.373. The Hall–Kier alpha value is -2.21. The van der Waals surface area contributed by atoms with Gasteiger partial charge in [-0.05, 0) is 42.7 Å². The van der Waals surface area contributed by atoms with E-state index in [1.165, 1.54) is 18.2 Å². The van der Waals surface area contributed by atoms with E-state index in [9.17, 15) is 18.0 Å². The minimum absolute atomic E-state index is 0.194. The largest absolute Gasteiger partial charge is 0.418 e. The summed E-state index contributed by atoms with van der Waals surface area (Å²) in [5.41, 5.74) is 3.80. The molecular weight excluding hydrogens is 341 g/mol. The van der Waals surface area contributed by atoms with E-state index in [0.29, 0.717) is 17.9 Å². The van der Waals surface area contributed by atoms with Crippen molar-refractivity contribution in [2.24, 2.45) is 0 Å². The second-order valence-corrected chi connectivity index (χ2v) is 6.15. The van der Waals surface area contributed by atoms with E-state index in [-0.39, 0.29) is 11.6 Å². The third-order valence-corrected chi connectivity index (χ3v) is 4.34. The molecule has 0 saturated heterocycles. The molecule has 0 spiro atoms. The van der Waals surface area contributed by atoms with Gasteiger partial charge in [-0.25, -0.2) is 0 Å². The van der Waals surface area contributed by atoms with Crippen molar-refractivity contribution in [3.63, 3.8) is 0 Å². The standard InChI is InChI=1S/C17H14ClF3N2O/c18-12-5-3-4-11(10-12)16(8-9-16)15(24)23-22-14-7-2-1-6-13(14)17(19,20)21/h1-7,10,22H,8-9H2,(H,23,24). The maximum Gasteiger partial charge on any atom is 0.418 e. The Morgan fingerprint density at radius 3 is 2.42 bits per heavy atom. The van der Waals surface area contributed by atoms with Crippen LogP contribution < -0.4 is 10.9 Å². The number of amides is 1. The average Bonchev–Trinajstić information content (AvgIpc) is 3.34. The highest BCUT2D eigenvalue weighted by atomic mass is 35.5. The maximum absolute atomic E-state index is 13.0. The molecule has 1 fully saturated rings. The van der Waals surface area contributed by atoms with Crippen molar-refractivity contribution in [3.8, 4) is 0 Å². The number of hydrogen-bond acceptors (Lipinski definition) is 2. The molecule has 0 aromatic heterocycles. The van der Waals surface area contributed by atoms with E-state index in [1.807, 2.05) is 0 Å². The minimum atomic E-state index is -4.50. The number of anilines is 1. The van der Waals surface area contributed by atoms with E-state index < -0.39 is 17.2 Å². The number of alkyl halides is 3. The number of hydrazine groups is 1. The van der Waals surface area contributed by atoms with Crippen LogP contribution >= 0.6 is 11.6 Å². The molecule has 24 heavy (non-hydrogen) atoms. The van der Waals surface area contributed by atoms with Gasteiger partial charge in [0.15, 0.2) is 0 Å². The van der Waals surface area contributed by atoms with Gasteiger partial charge in [-0.1, -0.05) is 35.9 Å². The van der Waals surface area contributed by atoms with Gasteiger partial charge in [-0.3, -0.25) is 15.6 Å². The van der Waals surface area contributed by atoms with Gasteiger partial charge in [0.25, 0.3) is 0 Å². The zero-order valence-corrected chi connectivity index (χ0v) is 13.2. The summed E-state index contributed by atoms with van der Waals surface area (Å²) >= 11 is 5.95. The normalized spacial score (nSPS) is 15.7. The van der Waals surface area contributed by atoms with Gasteiger partial charge in [-0.15, -0.1) is 0 Å². The Kier molecular flexibility index (Phi) is 4.17. The molecule has 0 bridgehead atoms. The third-order valence-electron chi connectivity index (χ3n) is 4.11. The van der Waals surface area contributed by atoms with Gasteiger partial charge >= 0.3 is 6.18 Å². The molecule has 126 valence electrons. The molecule has 0 aliphatic heterocycles. The highest BCUT2D eigenvalue weighted by Crippen LogP contribution is 2.48. The first-order valence-corrected chi connectivity index (χ1v) is 7.69. The van der Waals surface area contributed by atoms with Crippen LogP contribution in [0, 0.1) is 0 Å². The zero-order chi connectivity index (χ0) is 17.4. The molecule has 0 radical (unpaired) electrons. The van der Waals surface area contributed by atoms with E-state index >= 15 is 0 Å². The van der Waals surface area contributed by atoms with Crippen LogP contribution in [0.4, 0.5) is 18.9 Å². The van der Waals surface area contributed by atoms with Crippen LogP contribution in [0.1, 0.15) is 24.0 Å². The van der Waals surface area contributed by atoms with Crippen LogP contribution in [0.5, 0.6) is 0 Å². The minimum Gasteiger partial charge on any atom is -0.298 e. The van der Waals surface area contributed by atoms with E-state index in [2.05, 4.69) is 10.9 Å². The second kappa shape index (κ2) is 6.02. The highest BCUT2D eigenvalue weighted by Gasteiger charge is 2.51. The fourth-order valence-corrected chi connectivity index (χ4v) is 2.83. The van der Waals surface area contributed by atoms with Crippen molar-refractivity contribution in [3.05, 3.63) is 64.7 Å². The van der Waals surface area contributed by atoms with Gasteiger partial charge in [0.05, 0.1) is 16.7 Å². The van der Waals surface area contributed by atoms with Crippen LogP contribution in [0.25, 0.3) is 0 Å². The smallest absolute Gasteiger partial charge is 0.298 e. The maximum atomic E-state index is 13.0. The van der Waals surface area contributed by atoms with E-state index in [0.717, 1.165) is 11.6 Å². The first kappa shape index (κ1) is 16.6. The Morgan fingerprint density at radius 2 is 1.79 bits per heavy atom. The second-order valence-electron chi connectivity index (χ2n) is 5.71. The topological polar surface area (TPSA) is 41.1 Å². The van der Waals surface area contributed by atoms with Crippen molar-refractivity contribution in [2.45, 2.75) is 24.4 Å². The summed E-state index contributed by atoms with van der Waals surface area (Å²) < 4.78 is 38.9. The van der Waals surface area contributed by atoms with Crippen molar-refractivity contribution in [2.75, 3.05) is 5.43 Å². The Morgan fingerprint density at radius 1 is 1.08 bits per heavy atom. The number of carbonyl (C=O) groups is 1.